The van der Waals surface area contributed by atoms with Gasteiger partial charge in [-0.1, -0.05) is 35.9 Å². The fourth-order valence-electron chi connectivity index (χ4n) is 2.36. The maximum atomic E-state index is 12.5. The van der Waals surface area contributed by atoms with Crippen LogP contribution in [0.5, 0.6) is 5.75 Å². The molecule has 0 amide bonds. The van der Waals surface area contributed by atoms with Gasteiger partial charge in [-0.25, -0.2) is 8.42 Å². The molecular weight excluding hydrogens is 368 g/mol. The normalized spacial score (nSPS) is 11.4. The van der Waals surface area contributed by atoms with Crippen molar-refractivity contribution in [1.82, 2.24) is 0 Å². The van der Waals surface area contributed by atoms with Crippen LogP contribution in [0.4, 0.5) is 11.4 Å². The maximum absolute atomic E-state index is 12.5. The molecule has 7 nitrogen and oxygen atoms in total. The number of non-ortho nitro benzene ring substituents is 1. The van der Waals surface area contributed by atoms with Crippen molar-refractivity contribution in [3.05, 3.63) is 69.7 Å². The number of phenolic OH excluding ortho intramolecular Hbond substituents is 1. The lowest BCUT2D eigenvalue weighted by Crippen LogP contribution is -2.13. The second kappa shape index (κ2) is 6.23. The van der Waals surface area contributed by atoms with Crippen molar-refractivity contribution in [2.24, 2.45) is 0 Å². The van der Waals surface area contributed by atoms with E-state index >= 15 is 0 Å². The van der Waals surface area contributed by atoms with E-state index in [-0.39, 0.29) is 27.0 Å². The van der Waals surface area contributed by atoms with Crippen molar-refractivity contribution >= 4 is 43.8 Å². The molecule has 0 aromatic heterocycles. The van der Waals surface area contributed by atoms with Crippen LogP contribution in [0.2, 0.25) is 5.02 Å². The van der Waals surface area contributed by atoms with Gasteiger partial charge in [0.2, 0.25) is 0 Å². The van der Waals surface area contributed by atoms with Gasteiger partial charge in [-0.3, -0.25) is 14.8 Å². The van der Waals surface area contributed by atoms with Crippen LogP contribution in [0, 0.1) is 10.1 Å². The van der Waals surface area contributed by atoms with E-state index in [1.807, 2.05) is 0 Å². The van der Waals surface area contributed by atoms with Gasteiger partial charge in [0, 0.05) is 22.9 Å². The largest absolute Gasteiger partial charge is 0.506 e. The molecule has 0 saturated heterocycles. The third-order valence-corrected chi connectivity index (χ3v) is 5.24. The summed E-state index contributed by atoms with van der Waals surface area (Å²) in [6, 6.07) is 12.4. The van der Waals surface area contributed by atoms with E-state index in [4.69, 9.17) is 11.6 Å². The zero-order valence-electron chi connectivity index (χ0n) is 12.5. The number of rotatable bonds is 4. The SMILES string of the molecule is O=[N+]([O-])c1ccc(S(=O)(=O)Nc2cc(Cl)c(O)c3ccccc23)cc1. The monoisotopic (exact) mass is 378 g/mol. The first-order valence-corrected chi connectivity index (χ1v) is 8.83. The van der Waals surface area contributed by atoms with Crippen molar-refractivity contribution in [1.29, 1.82) is 0 Å². The van der Waals surface area contributed by atoms with Gasteiger partial charge in [-0.05, 0) is 18.2 Å². The van der Waals surface area contributed by atoms with Crippen molar-refractivity contribution in [2.75, 3.05) is 4.72 Å². The molecule has 0 saturated carbocycles. The lowest BCUT2D eigenvalue weighted by atomic mass is 10.1. The van der Waals surface area contributed by atoms with Crippen LogP contribution in [-0.2, 0) is 10.0 Å². The van der Waals surface area contributed by atoms with E-state index in [0.717, 1.165) is 24.3 Å². The van der Waals surface area contributed by atoms with Gasteiger partial charge in [0.05, 0.1) is 20.5 Å². The van der Waals surface area contributed by atoms with Gasteiger partial charge in [0.25, 0.3) is 15.7 Å². The van der Waals surface area contributed by atoms with Crippen molar-refractivity contribution in [3.8, 4) is 5.75 Å². The van der Waals surface area contributed by atoms with Crippen molar-refractivity contribution in [3.63, 3.8) is 0 Å². The van der Waals surface area contributed by atoms with Crippen molar-refractivity contribution in [2.45, 2.75) is 4.90 Å². The molecule has 0 unspecified atom stereocenters. The Labute approximate surface area is 147 Å². The van der Waals surface area contributed by atoms with E-state index in [0.29, 0.717) is 10.8 Å². The molecule has 128 valence electrons. The molecule has 0 aliphatic rings. The predicted molar refractivity (Wildman–Crippen MR) is 94.5 cm³/mol. The Hall–Kier alpha value is -2.84. The third kappa shape index (κ3) is 3.21. The number of nitro benzene ring substituents is 1. The quantitative estimate of drug-likeness (QED) is 0.406. The number of benzene rings is 3. The fraction of sp³-hybridized carbons (Fsp3) is 0. The van der Waals surface area contributed by atoms with Crippen LogP contribution in [0.15, 0.2) is 59.5 Å². The summed E-state index contributed by atoms with van der Waals surface area (Å²) in [5.41, 5.74) is -0.0196. The van der Waals surface area contributed by atoms with Gasteiger partial charge in [-0.15, -0.1) is 0 Å². The molecule has 25 heavy (non-hydrogen) atoms. The molecule has 0 radical (unpaired) electrons. The molecule has 0 fully saturated rings. The molecule has 0 aliphatic heterocycles. The highest BCUT2D eigenvalue weighted by atomic mass is 35.5. The number of nitro groups is 1. The maximum Gasteiger partial charge on any atom is 0.269 e. The first kappa shape index (κ1) is 17.0. The topological polar surface area (TPSA) is 110 Å². The number of hydrogen-bond acceptors (Lipinski definition) is 5. The van der Waals surface area contributed by atoms with Crippen LogP contribution in [0.25, 0.3) is 10.8 Å². The lowest BCUT2D eigenvalue weighted by Gasteiger charge is -2.13. The highest BCUT2D eigenvalue weighted by Gasteiger charge is 2.19. The minimum absolute atomic E-state index is 0.0000921. The Kier molecular flexibility index (Phi) is 4.23. The zero-order valence-corrected chi connectivity index (χ0v) is 14.1. The predicted octanol–water partition coefficient (Wildman–Crippen LogP) is 3.91. The second-order valence-corrected chi connectivity index (χ2v) is 7.25. The number of sulfonamides is 1. The zero-order chi connectivity index (χ0) is 18.2. The molecule has 3 aromatic carbocycles. The number of aromatic hydroxyl groups is 1. The van der Waals surface area contributed by atoms with E-state index < -0.39 is 14.9 Å². The minimum Gasteiger partial charge on any atom is -0.506 e. The molecule has 0 bridgehead atoms. The van der Waals surface area contributed by atoms with Crippen molar-refractivity contribution < 1.29 is 18.4 Å². The van der Waals surface area contributed by atoms with Crippen LogP contribution < -0.4 is 4.72 Å². The highest BCUT2D eigenvalue weighted by Crippen LogP contribution is 2.38. The van der Waals surface area contributed by atoms with Gasteiger partial charge in [0.15, 0.2) is 0 Å². The Morgan fingerprint density at radius 1 is 1.04 bits per heavy atom. The summed E-state index contributed by atoms with van der Waals surface area (Å²) in [5, 5.41) is 21.5. The molecule has 3 rings (SSSR count). The summed E-state index contributed by atoms with van der Waals surface area (Å²) >= 11 is 5.96. The van der Waals surface area contributed by atoms with E-state index in [1.165, 1.54) is 6.07 Å². The summed E-state index contributed by atoms with van der Waals surface area (Å²) in [6.45, 7) is 0. The molecule has 0 spiro atoms. The van der Waals surface area contributed by atoms with Gasteiger partial charge in [-0.2, -0.15) is 0 Å². The van der Waals surface area contributed by atoms with Crippen LogP contribution in [-0.4, -0.2) is 18.4 Å². The Morgan fingerprint density at radius 3 is 2.24 bits per heavy atom. The van der Waals surface area contributed by atoms with Crippen LogP contribution in [0.1, 0.15) is 0 Å². The van der Waals surface area contributed by atoms with E-state index in [9.17, 15) is 23.6 Å². The summed E-state index contributed by atoms with van der Waals surface area (Å²) < 4.78 is 27.5. The first-order valence-electron chi connectivity index (χ1n) is 6.97. The van der Waals surface area contributed by atoms with Crippen LogP contribution in [0.3, 0.4) is 0 Å². The number of nitrogens with zero attached hydrogens (tertiary/aromatic N) is 1. The number of anilines is 1. The Balaban J connectivity index is 2.05. The van der Waals surface area contributed by atoms with Gasteiger partial charge >= 0.3 is 0 Å². The summed E-state index contributed by atoms with van der Waals surface area (Å²) in [4.78, 5) is 9.92. The average Bonchev–Trinajstić information content (AvgIpc) is 2.59. The van der Waals surface area contributed by atoms with E-state index in [1.54, 1.807) is 24.3 Å². The minimum atomic E-state index is -3.99. The number of hydrogen-bond donors (Lipinski definition) is 2. The molecule has 0 aliphatic carbocycles. The number of phenols is 1. The lowest BCUT2D eigenvalue weighted by molar-refractivity contribution is -0.384. The van der Waals surface area contributed by atoms with Gasteiger partial charge in [0.1, 0.15) is 5.75 Å². The number of halogens is 1. The number of nitrogens with one attached hydrogen (secondary N) is 1. The Morgan fingerprint density at radius 2 is 1.64 bits per heavy atom. The number of fused-ring (bicyclic) bond motifs is 1. The average molecular weight is 379 g/mol. The fourth-order valence-corrected chi connectivity index (χ4v) is 3.64. The molecule has 3 aromatic rings. The highest BCUT2D eigenvalue weighted by molar-refractivity contribution is 7.92. The first-order chi connectivity index (χ1) is 11.8. The standard InChI is InChI=1S/C16H11ClN2O5S/c17-14-9-15(12-3-1-2-4-13(12)16(14)20)18-25(23,24)11-7-5-10(6-8-11)19(21)22/h1-9,18,20H. The third-order valence-electron chi connectivity index (χ3n) is 3.57. The summed E-state index contributed by atoms with van der Waals surface area (Å²) in [5.74, 6) is -0.143. The summed E-state index contributed by atoms with van der Waals surface area (Å²) in [6.07, 6.45) is 0. The molecule has 0 heterocycles. The second-order valence-electron chi connectivity index (χ2n) is 5.16. The molecule has 0 atom stereocenters. The van der Waals surface area contributed by atoms with E-state index in [2.05, 4.69) is 4.72 Å². The van der Waals surface area contributed by atoms with Gasteiger partial charge < -0.3 is 5.11 Å². The molecular formula is C16H11ClN2O5S. The summed E-state index contributed by atoms with van der Waals surface area (Å²) in [7, 11) is -3.99. The molecule has 2 N–H and O–H groups in total. The Bertz CT molecular complexity index is 1080. The van der Waals surface area contributed by atoms with Crippen LogP contribution >= 0.6 is 11.6 Å². The smallest absolute Gasteiger partial charge is 0.269 e. The molecule has 9 heteroatoms.